The van der Waals surface area contributed by atoms with Gasteiger partial charge in [0.05, 0.1) is 0 Å². The maximum Gasteiger partial charge on any atom is 0.225 e. The summed E-state index contributed by atoms with van der Waals surface area (Å²) in [5, 5.41) is 3.70. The molecule has 0 saturated carbocycles. The largest absolute Gasteiger partial charge is 0.326 e. The monoisotopic (exact) mass is 319 g/mol. The Morgan fingerprint density at radius 3 is 2.57 bits per heavy atom. The predicted molar refractivity (Wildman–Crippen MR) is 91.3 cm³/mol. The molecule has 0 radical (unpaired) electrons. The summed E-state index contributed by atoms with van der Waals surface area (Å²) < 4.78 is 0. The third-order valence-corrected chi connectivity index (χ3v) is 4.56. The highest BCUT2D eigenvalue weighted by Gasteiger charge is 2.06. The average Bonchev–Trinajstić information content (AvgIpc) is 2.46. The van der Waals surface area contributed by atoms with Crippen LogP contribution in [-0.4, -0.2) is 11.7 Å². The number of hydrogen-bond acceptors (Lipinski definition) is 2. The molecule has 2 rings (SSSR count). The van der Waals surface area contributed by atoms with Gasteiger partial charge in [-0.2, -0.15) is 0 Å². The molecule has 4 heteroatoms. The maximum absolute atomic E-state index is 12.0. The number of thioether (sulfide) groups is 1. The molecular weight excluding hydrogens is 302 g/mol. The summed E-state index contributed by atoms with van der Waals surface area (Å²) >= 11 is 7.50. The lowest BCUT2D eigenvalue weighted by molar-refractivity contribution is -0.115. The van der Waals surface area contributed by atoms with Crippen LogP contribution in [0.1, 0.15) is 17.5 Å². The Bertz CT molecular complexity index is 625. The highest BCUT2D eigenvalue weighted by molar-refractivity contribution is 7.99. The second-order valence-corrected chi connectivity index (χ2v) is 6.45. The summed E-state index contributed by atoms with van der Waals surface area (Å²) in [4.78, 5) is 13.1. The van der Waals surface area contributed by atoms with E-state index in [2.05, 4.69) is 5.32 Å². The summed E-state index contributed by atoms with van der Waals surface area (Å²) in [7, 11) is 0. The van der Waals surface area contributed by atoms with Gasteiger partial charge in [-0.05, 0) is 55.3 Å². The molecule has 2 aromatic carbocycles. The summed E-state index contributed by atoms with van der Waals surface area (Å²) in [6.45, 7) is 4.06. The predicted octanol–water partition coefficient (Wildman–Crippen LogP) is 5.08. The van der Waals surface area contributed by atoms with Gasteiger partial charge in [0.1, 0.15) is 0 Å². The van der Waals surface area contributed by atoms with Gasteiger partial charge in [0.2, 0.25) is 5.91 Å². The number of carbonyl (C=O) groups is 1. The minimum atomic E-state index is 0.0464. The Kier molecular flexibility index (Phi) is 5.71. The highest BCUT2D eigenvalue weighted by Crippen LogP contribution is 2.22. The van der Waals surface area contributed by atoms with Crippen molar-refractivity contribution in [1.29, 1.82) is 0 Å². The van der Waals surface area contributed by atoms with Gasteiger partial charge >= 0.3 is 0 Å². The number of rotatable bonds is 5. The highest BCUT2D eigenvalue weighted by atomic mass is 35.5. The van der Waals surface area contributed by atoms with Crippen molar-refractivity contribution in [3.8, 4) is 0 Å². The summed E-state index contributed by atoms with van der Waals surface area (Å²) in [6.07, 6.45) is 0.487. The second kappa shape index (κ2) is 7.53. The Morgan fingerprint density at radius 2 is 1.86 bits per heavy atom. The van der Waals surface area contributed by atoms with E-state index in [1.807, 2.05) is 56.3 Å². The van der Waals surface area contributed by atoms with Crippen molar-refractivity contribution in [3.05, 3.63) is 58.6 Å². The number of carbonyl (C=O) groups excluding carboxylic acids is 1. The van der Waals surface area contributed by atoms with Gasteiger partial charge in [-0.15, -0.1) is 11.8 Å². The molecule has 2 nitrogen and oxygen atoms in total. The number of halogens is 1. The number of amides is 1. The van der Waals surface area contributed by atoms with Crippen molar-refractivity contribution in [3.63, 3.8) is 0 Å². The number of hydrogen-bond donors (Lipinski definition) is 1. The Balaban J connectivity index is 1.82. The van der Waals surface area contributed by atoms with Gasteiger partial charge in [0.15, 0.2) is 0 Å². The number of anilines is 1. The van der Waals surface area contributed by atoms with E-state index in [4.69, 9.17) is 11.6 Å². The zero-order valence-corrected chi connectivity index (χ0v) is 13.7. The molecule has 0 unspecified atom stereocenters. The number of nitrogens with one attached hydrogen (secondary N) is 1. The lowest BCUT2D eigenvalue weighted by atomic mass is 10.1. The molecule has 2 aromatic rings. The molecule has 110 valence electrons. The lowest BCUT2D eigenvalue weighted by Gasteiger charge is -2.10. The molecule has 1 N–H and O–H groups in total. The molecule has 0 fully saturated rings. The first-order valence-electron chi connectivity index (χ1n) is 6.80. The molecule has 0 heterocycles. The maximum atomic E-state index is 12.0. The van der Waals surface area contributed by atoms with Crippen LogP contribution in [0.4, 0.5) is 5.69 Å². The van der Waals surface area contributed by atoms with Crippen LogP contribution in [0.25, 0.3) is 0 Å². The topological polar surface area (TPSA) is 29.1 Å². The molecule has 0 atom stereocenters. The van der Waals surface area contributed by atoms with Crippen molar-refractivity contribution in [2.45, 2.75) is 25.2 Å². The second-order valence-electron chi connectivity index (χ2n) is 4.85. The molecule has 0 aliphatic carbocycles. The molecule has 1 amide bonds. The number of aryl methyl sites for hydroxylation is 1. The van der Waals surface area contributed by atoms with Crippen LogP contribution in [0.2, 0.25) is 5.02 Å². The fourth-order valence-corrected chi connectivity index (χ4v) is 2.87. The first-order chi connectivity index (χ1) is 10.1. The lowest BCUT2D eigenvalue weighted by Crippen LogP contribution is -2.13. The van der Waals surface area contributed by atoms with Gasteiger partial charge in [0, 0.05) is 27.8 Å². The van der Waals surface area contributed by atoms with E-state index in [-0.39, 0.29) is 5.91 Å². The number of benzene rings is 2. The summed E-state index contributed by atoms with van der Waals surface area (Å²) in [5.74, 6) is 0.795. The molecule has 0 aromatic heterocycles. The first-order valence-corrected chi connectivity index (χ1v) is 8.17. The zero-order chi connectivity index (χ0) is 15.2. The standard InChI is InChI=1S/C17H18ClNOS/c1-12-4-3-5-16(13(12)2)19-17(20)10-11-21-15-8-6-14(18)7-9-15/h3-9H,10-11H2,1-2H3,(H,19,20). The van der Waals surface area contributed by atoms with Crippen LogP contribution in [0, 0.1) is 13.8 Å². The van der Waals surface area contributed by atoms with E-state index < -0.39 is 0 Å². The van der Waals surface area contributed by atoms with Gasteiger partial charge in [-0.3, -0.25) is 4.79 Å². The first kappa shape index (κ1) is 15.9. The Hall–Kier alpha value is -1.45. The average molecular weight is 320 g/mol. The quantitative estimate of drug-likeness (QED) is 0.779. The van der Waals surface area contributed by atoms with E-state index in [9.17, 15) is 4.79 Å². The van der Waals surface area contributed by atoms with Crippen LogP contribution in [-0.2, 0) is 4.79 Å². The smallest absolute Gasteiger partial charge is 0.225 e. The van der Waals surface area contributed by atoms with E-state index in [1.54, 1.807) is 11.8 Å². The fraction of sp³-hybridized carbons (Fsp3) is 0.235. The van der Waals surface area contributed by atoms with Crippen LogP contribution >= 0.6 is 23.4 Å². The van der Waals surface area contributed by atoms with Crippen LogP contribution in [0.3, 0.4) is 0 Å². The third-order valence-electron chi connectivity index (χ3n) is 3.29. The van der Waals surface area contributed by atoms with Crippen LogP contribution < -0.4 is 5.32 Å². The third kappa shape index (κ3) is 4.80. The van der Waals surface area contributed by atoms with Gasteiger partial charge < -0.3 is 5.32 Å². The molecule has 0 aliphatic rings. The van der Waals surface area contributed by atoms with Crippen molar-refractivity contribution in [2.24, 2.45) is 0 Å². The molecule has 0 spiro atoms. The van der Waals surface area contributed by atoms with E-state index in [0.717, 1.165) is 26.9 Å². The molecule has 0 saturated heterocycles. The molecule has 0 aliphatic heterocycles. The van der Waals surface area contributed by atoms with E-state index >= 15 is 0 Å². The normalized spacial score (nSPS) is 10.4. The molecule has 21 heavy (non-hydrogen) atoms. The minimum absolute atomic E-state index is 0.0464. The van der Waals surface area contributed by atoms with Crippen molar-refractivity contribution in [1.82, 2.24) is 0 Å². The van der Waals surface area contributed by atoms with E-state index in [0.29, 0.717) is 6.42 Å². The van der Waals surface area contributed by atoms with Crippen molar-refractivity contribution < 1.29 is 4.79 Å². The molecule has 0 bridgehead atoms. The summed E-state index contributed by atoms with van der Waals surface area (Å²) in [6, 6.07) is 13.6. The van der Waals surface area contributed by atoms with Crippen LogP contribution in [0.15, 0.2) is 47.4 Å². The zero-order valence-electron chi connectivity index (χ0n) is 12.2. The SMILES string of the molecule is Cc1cccc(NC(=O)CCSc2ccc(Cl)cc2)c1C. The minimum Gasteiger partial charge on any atom is -0.326 e. The Labute approximate surface area is 134 Å². The van der Waals surface area contributed by atoms with Crippen LogP contribution in [0.5, 0.6) is 0 Å². The van der Waals surface area contributed by atoms with Gasteiger partial charge in [-0.25, -0.2) is 0 Å². The van der Waals surface area contributed by atoms with Gasteiger partial charge in [0.25, 0.3) is 0 Å². The fourth-order valence-electron chi connectivity index (χ4n) is 1.89. The van der Waals surface area contributed by atoms with Crippen molar-refractivity contribution >= 4 is 35.0 Å². The van der Waals surface area contributed by atoms with Crippen molar-refractivity contribution in [2.75, 3.05) is 11.1 Å². The van der Waals surface area contributed by atoms with Gasteiger partial charge in [-0.1, -0.05) is 23.7 Å². The Morgan fingerprint density at radius 1 is 1.14 bits per heavy atom. The van der Waals surface area contributed by atoms with E-state index in [1.165, 1.54) is 5.56 Å². The summed E-state index contributed by atoms with van der Waals surface area (Å²) in [5.41, 5.74) is 3.20. The molecular formula is C17H18ClNOS.